The van der Waals surface area contributed by atoms with E-state index in [-0.39, 0.29) is 37.9 Å². The maximum absolute atomic E-state index is 13.3. The van der Waals surface area contributed by atoms with Crippen molar-refractivity contribution in [1.29, 1.82) is 0 Å². The fraction of sp³-hybridized carbons (Fsp3) is 0.250. The number of ether oxygens (including phenoxy) is 1. The minimum Gasteiger partial charge on any atom is -0.467 e. The van der Waals surface area contributed by atoms with Crippen molar-refractivity contribution in [2.24, 2.45) is 0 Å². The van der Waals surface area contributed by atoms with Crippen molar-refractivity contribution >= 4 is 41.0 Å². The fourth-order valence-corrected chi connectivity index (χ4v) is 4.67. The number of amides is 2. The van der Waals surface area contributed by atoms with Gasteiger partial charge in [0.15, 0.2) is 0 Å². The van der Waals surface area contributed by atoms with Crippen molar-refractivity contribution in [2.75, 3.05) is 6.61 Å². The van der Waals surface area contributed by atoms with Crippen LogP contribution < -0.4 is 5.32 Å². The molecule has 4 rings (SSSR count). The third-order valence-electron chi connectivity index (χ3n) is 6.20. The van der Waals surface area contributed by atoms with E-state index in [1.165, 1.54) is 0 Å². The van der Waals surface area contributed by atoms with Gasteiger partial charge in [0.25, 0.3) is 5.91 Å². The summed E-state index contributed by atoms with van der Waals surface area (Å²) in [5.74, 6) is -0.778. The monoisotopic (exact) mass is 540 g/mol. The predicted molar refractivity (Wildman–Crippen MR) is 140 cm³/mol. The number of benzene rings is 2. The van der Waals surface area contributed by atoms with Gasteiger partial charge in [0.2, 0.25) is 5.91 Å². The smallest absolute Gasteiger partial charge is 0.336 e. The molecule has 1 unspecified atom stereocenters. The number of hydrogen-bond donors (Lipinski definition) is 1. The van der Waals surface area contributed by atoms with E-state index in [2.05, 4.69) is 5.32 Å². The van der Waals surface area contributed by atoms with Gasteiger partial charge in [0, 0.05) is 23.6 Å². The molecular weight excluding hydrogens is 515 g/mol. The summed E-state index contributed by atoms with van der Waals surface area (Å²) in [7, 11) is 0. The first-order valence-electron chi connectivity index (χ1n) is 11.8. The highest BCUT2D eigenvalue weighted by Gasteiger charge is 2.37. The molecule has 0 radical (unpaired) electrons. The van der Waals surface area contributed by atoms with Crippen LogP contribution in [0.4, 0.5) is 0 Å². The van der Waals surface area contributed by atoms with Gasteiger partial charge >= 0.3 is 5.97 Å². The maximum Gasteiger partial charge on any atom is 0.336 e. The van der Waals surface area contributed by atoms with Gasteiger partial charge in [-0.25, -0.2) is 4.79 Å². The van der Waals surface area contributed by atoms with Gasteiger partial charge in [0.05, 0.1) is 41.6 Å². The Kier molecular flexibility index (Phi) is 8.36. The lowest BCUT2D eigenvalue weighted by Crippen LogP contribution is -2.38. The molecule has 2 aromatic carbocycles. The van der Waals surface area contributed by atoms with E-state index in [0.717, 1.165) is 5.56 Å². The van der Waals surface area contributed by atoms with E-state index in [9.17, 15) is 14.4 Å². The van der Waals surface area contributed by atoms with Gasteiger partial charge in [-0.2, -0.15) is 0 Å². The van der Waals surface area contributed by atoms with Crippen LogP contribution in [-0.2, 0) is 27.4 Å². The van der Waals surface area contributed by atoms with Crippen LogP contribution in [0.5, 0.6) is 0 Å². The first kappa shape index (κ1) is 26.5. The third-order valence-corrected chi connectivity index (χ3v) is 6.94. The highest BCUT2D eigenvalue weighted by atomic mass is 35.5. The average Bonchev–Trinajstić information content (AvgIpc) is 3.40. The van der Waals surface area contributed by atoms with Crippen LogP contribution in [0, 0.1) is 0 Å². The summed E-state index contributed by atoms with van der Waals surface area (Å²) in [4.78, 5) is 40.5. The molecule has 1 N–H and O–H groups in total. The minimum absolute atomic E-state index is 0.0623. The van der Waals surface area contributed by atoms with E-state index < -0.39 is 11.9 Å². The van der Waals surface area contributed by atoms with Gasteiger partial charge in [0.1, 0.15) is 5.76 Å². The Bertz CT molecular complexity index is 1350. The zero-order valence-corrected chi connectivity index (χ0v) is 21.9. The number of hydrogen-bond acceptors (Lipinski definition) is 5. The van der Waals surface area contributed by atoms with Crippen LogP contribution in [-0.4, -0.2) is 29.3 Å². The number of furan rings is 1. The number of esters is 1. The lowest BCUT2D eigenvalue weighted by molar-refractivity contribution is -0.140. The van der Waals surface area contributed by atoms with E-state index in [0.29, 0.717) is 38.2 Å². The summed E-state index contributed by atoms with van der Waals surface area (Å²) in [5, 5.41) is 3.55. The molecule has 1 aromatic heterocycles. The van der Waals surface area contributed by atoms with Gasteiger partial charge in [-0.3, -0.25) is 9.59 Å². The molecule has 0 aliphatic carbocycles. The standard InChI is InChI=1S/C28H26Cl2N2O5/c1-3-36-28(35)26-17(2)32(25(33)14-22(26)19-9-10-23(29)24(30)13-19)16-18-6-4-7-20(12-18)27(34)31-15-21-8-5-11-37-21/h4-13,22H,3,14-16H2,1-2H3,(H,31,34). The van der Waals surface area contributed by atoms with E-state index in [1.54, 1.807) is 73.5 Å². The molecule has 0 saturated heterocycles. The first-order valence-corrected chi connectivity index (χ1v) is 12.6. The van der Waals surface area contributed by atoms with Gasteiger partial charge in [-0.15, -0.1) is 0 Å². The number of nitrogens with zero attached hydrogens (tertiary/aromatic N) is 1. The second-order valence-corrected chi connectivity index (χ2v) is 9.41. The Morgan fingerprint density at radius 1 is 1.11 bits per heavy atom. The molecular formula is C28H26Cl2N2O5. The molecule has 1 aliphatic rings. The maximum atomic E-state index is 13.3. The summed E-state index contributed by atoms with van der Waals surface area (Å²) in [6.07, 6.45) is 1.61. The molecule has 3 aromatic rings. The van der Waals surface area contributed by atoms with E-state index in [1.807, 2.05) is 6.07 Å². The van der Waals surface area contributed by atoms with Crippen molar-refractivity contribution < 1.29 is 23.5 Å². The van der Waals surface area contributed by atoms with Crippen molar-refractivity contribution in [2.45, 2.75) is 39.3 Å². The molecule has 9 heteroatoms. The van der Waals surface area contributed by atoms with Crippen LogP contribution in [0.15, 0.2) is 76.5 Å². The topological polar surface area (TPSA) is 88.8 Å². The summed E-state index contributed by atoms with van der Waals surface area (Å²) in [5.41, 5.74) is 2.80. The zero-order valence-electron chi connectivity index (χ0n) is 20.4. The lowest BCUT2D eigenvalue weighted by Gasteiger charge is -2.34. The van der Waals surface area contributed by atoms with Crippen molar-refractivity contribution in [3.05, 3.63) is 105 Å². The Labute approximate surface area is 225 Å². The highest BCUT2D eigenvalue weighted by Crippen LogP contribution is 2.39. The molecule has 192 valence electrons. The van der Waals surface area contributed by atoms with Crippen LogP contribution in [0.1, 0.15) is 53.4 Å². The Balaban J connectivity index is 1.60. The molecule has 7 nitrogen and oxygen atoms in total. The second kappa shape index (κ2) is 11.7. The van der Waals surface area contributed by atoms with E-state index >= 15 is 0 Å². The molecule has 0 saturated carbocycles. The molecule has 2 amide bonds. The first-order chi connectivity index (χ1) is 17.8. The largest absolute Gasteiger partial charge is 0.467 e. The number of carbonyl (C=O) groups excluding carboxylic acids is 3. The molecule has 0 bridgehead atoms. The molecule has 1 atom stereocenters. The highest BCUT2D eigenvalue weighted by molar-refractivity contribution is 6.42. The van der Waals surface area contributed by atoms with Crippen LogP contribution in [0.2, 0.25) is 10.0 Å². The molecule has 1 aliphatic heterocycles. The Hall–Kier alpha value is -3.55. The van der Waals surface area contributed by atoms with Crippen LogP contribution >= 0.6 is 23.2 Å². The summed E-state index contributed by atoms with van der Waals surface area (Å²) in [6, 6.07) is 15.6. The van der Waals surface area contributed by atoms with Crippen LogP contribution in [0.3, 0.4) is 0 Å². The minimum atomic E-state index is -0.517. The molecule has 37 heavy (non-hydrogen) atoms. The molecule has 0 fully saturated rings. The number of carbonyl (C=O) groups is 3. The zero-order chi connectivity index (χ0) is 26.5. The van der Waals surface area contributed by atoms with Gasteiger partial charge in [-0.05, 0) is 61.4 Å². The number of nitrogens with one attached hydrogen (secondary N) is 1. The second-order valence-electron chi connectivity index (χ2n) is 8.59. The Morgan fingerprint density at radius 2 is 1.92 bits per heavy atom. The quantitative estimate of drug-likeness (QED) is 0.361. The fourth-order valence-electron chi connectivity index (χ4n) is 4.37. The Morgan fingerprint density at radius 3 is 2.62 bits per heavy atom. The summed E-state index contributed by atoms with van der Waals surface area (Å²) < 4.78 is 10.6. The summed E-state index contributed by atoms with van der Waals surface area (Å²) in [6.45, 7) is 4.12. The third kappa shape index (κ3) is 6.06. The van der Waals surface area contributed by atoms with Crippen molar-refractivity contribution in [3.8, 4) is 0 Å². The van der Waals surface area contributed by atoms with E-state index in [4.69, 9.17) is 32.4 Å². The lowest BCUT2D eigenvalue weighted by atomic mass is 9.83. The van der Waals surface area contributed by atoms with Gasteiger partial charge < -0.3 is 19.4 Å². The number of halogens is 2. The molecule has 2 heterocycles. The van der Waals surface area contributed by atoms with Crippen molar-refractivity contribution in [1.82, 2.24) is 10.2 Å². The number of allylic oxidation sites excluding steroid dienone is 1. The predicted octanol–water partition coefficient (Wildman–Crippen LogP) is 5.87. The average molecular weight is 541 g/mol. The SMILES string of the molecule is CCOC(=O)C1=C(C)N(Cc2cccc(C(=O)NCc3ccco3)c2)C(=O)CC1c1ccc(Cl)c(Cl)c1. The summed E-state index contributed by atoms with van der Waals surface area (Å²) >= 11 is 12.3. The van der Waals surface area contributed by atoms with Gasteiger partial charge in [-0.1, -0.05) is 41.4 Å². The normalized spacial score (nSPS) is 15.6. The van der Waals surface area contributed by atoms with Crippen molar-refractivity contribution in [3.63, 3.8) is 0 Å². The molecule has 0 spiro atoms. The number of rotatable bonds is 8. The van der Waals surface area contributed by atoms with Crippen LogP contribution in [0.25, 0.3) is 0 Å².